The normalized spacial score (nSPS) is 12.7. The second-order valence-electron chi connectivity index (χ2n) is 6.42. The van der Waals surface area contributed by atoms with Gasteiger partial charge >= 0.3 is 5.97 Å². The zero-order valence-electron chi connectivity index (χ0n) is 16.6. The van der Waals surface area contributed by atoms with Crippen LogP contribution in [0.4, 0.5) is 10.1 Å². The van der Waals surface area contributed by atoms with Crippen molar-refractivity contribution >= 4 is 45.5 Å². The highest BCUT2D eigenvalue weighted by atomic mass is 32.2. The molecule has 1 heterocycles. The van der Waals surface area contributed by atoms with Crippen molar-refractivity contribution in [1.82, 2.24) is 0 Å². The molecule has 0 spiro atoms. The van der Waals surface area contributed by atoms with Gasteiger partial charge in [0, 0.05) is 18.1 Å². The van der Waals surface area contributed by atoms with Gasteiger partial charge in [-0.3, -0.25) is 9.79 Å². The number of esters is 1. The van der Waals surface area contributed by atoms with Gasteiger partial charge in [-0.2, -0.15) is 5.26 Å². The fraction of sp³-hybridized carbons (Fsp3) is 0.273. The van der Waals surface area contributed by atoms with Crippen LogP contribution < -0.4 is 4.90 Å². The fourth-order valence-electron chi connectivity index (χ4n) is 2.88. The largest absolute Gasteiger partial charge is 0.452 e. The molecule has 160 valence electrons. The van der Waals surface area contributed by atoms with Gasteiger partial charge in [0.05, 0.1) is 30.3 Å². The highest BCUT2D eigenvalue weighted by Crippen LogP contribution is 2.27. The maximum Gasteiger partial charge on any atom is 0.338 e. The molecule has 0 bridgehead atoms. The first-order valence-corrected chi connectivity index (χ1v) is 11.5. The van der Waals surface area contributed by atoms with E-state index in [4.69, 9.17) is 10.00 Å². The molecule has 0 atom stereocenters. The van der Waals surface area contributed by atoms with E-state index in [1.807, 2.05) is 18.2 Å². The summed E-state index contributed by atoms with van der Waals surface area (Å²) in [6.07, 6.45) is 0.0238. The highest BCUT2D eigenvalue weighted by molar-refractivity contribution is 8.38. The minimum absolute atomic E-state index is 0.000816. The number of ether oxygens (including phenoxy) is 1. The first-order chi connectivity index (χ1) is 15.1. The molecule has 0 radical (unpaired) electrons. The molecule has 3 rings (SSSR count). The monoisotopic (exact) mass is 457 g/mol. The van der Waals surface area contributed by atoms with Crippen LogP contribution in [0.1, 0.15) is 22.3 Å². The highest BCUT2D eigenvalue weighted by Gasteiger charge is 2.21. The van der Waals surface area contributed by atoms with Gasteiger partial charge in [0.25, 0.3) is 5.91 Å². The minimum Gasteiger partial charge on any atom is -0.452 e. The lowest BCUT2D eigenvalue weighted by molar-refractivity contribution is -0.121. The van der Waals surface area contributed by atoms with E-state index >= 15 is 0 Å². The van der Waals surface area contributed by atoms with Crippen LogP contribution in [0.2, 0.25) is 0 Å². The molecule has 0 N–H and O–H groups in total. The Morgan fingerprint density at radius 1 is 1.23 bits per heavy atom. The Balaban J connectivity index is 1.65. The van der Waals surface area contributed by atoms with Crippen molar-refractivity contribution in [1.29, 1.82) is 5.26 Å². The van der Waals surface area contributed by atoms with Crippen molar-refractivity contribution < 1.29 is 18.7 Å². The van der Waals surface area contributed by atoms with E-state index in [0.29, 0.717) is 11.3 Å². The Hall–Kier alpha value is -2.83. The molecule has 31 heavy (non-hydrogen) atoms. The third kappa shape index (κ3) is 6.32. The zero-order chi connectivity index (χ0) is 22.1. The number of anilines is 1. The average molecular weight is 458 g/mol. The topological polar surface area (TPSA) is 82.8 Å². The van der Waals surface area contributed by atoms with E-state index in [1.165, 1.54) is 18.2 Å². The second-order valence-corrected chi connectivity index (χ2v) is 8.73. The third-order valence-electron chi connectivity index (χ3n) is 4.36. The van der Waals surface area contributed by atoms with Gasteiger partial charge < -0.3 is 9.64 Å². The summed E-state index contributed by atoms with van der Waals surface area (Å²) in [4.78, 5) is 30.8. The van der Waals surface area contributed by atoms with Gasteiger partial charge in [-0.1, -0.05) is 53.9 Å². The maximum absolute atomic E-state index is 14.2. The van der Waals surface area contributed by atoms with Crippen molar-refractivity contribution in [2.45, 2.75) is 12.2 Å². The molecule has 0 aromatic heterocycles. The summed E-state index contributed by atoms with van der Waals surface area (Å²) in [5.41, 5.74) is 1.21. The molecule has 0 aliphatic carbocycles. The van der Waals surface area contributed by atoms with Crippen molar-refractivity contribution in [3.8, 4) is 6.07 Å². The van der Waals surface area contributed by atoms with E-state index in [0.717, 1.165) is 27.1 Å². The third-order valence-corrected chi connectivity index (χ3v) is 6.67. The summed E-state index contributed by atoms with van der Waals surface area (Å²) < 4.78 is 20.4. The van der Waals surface area contributed by atoms with E-state index in [1.54, 1.807) is 41.7 Å². The van der Waals surface area contributed by atoms with Crippen LogP contribution in [0.5, 0.6) is 0 Å². The Morgan fingerprint density at radius 2 is 2.00 bits per heavy atom. The van der Waals surface area contributed by atoms with Crippen molar-refractivity contribution in [3.05, 3.63) is 65.5 Å². The molecule has 1 amide bonds. The number of nitriles is 1. The number of amides is 1. The molecule has 1 aliphatic rings. The van der Waals surface area contributed by atoms with Gasteiger partial charge in [-0.05, 0) is 23.8 Å². The van der Waals surface area contributed by atoms with Gasteiger partial charge in [0.1, 0.15) is 10.2 Å². The van der Waals surface area contributed by atoms with Crippen molar-refractivity contribution in [2.75, 3.05) is 30.3 Å². The number of benzene rings is 2. The summed E-state index contributed by atoms with van der Waals surface area (Å²) >= 11 is 3.26. The molecule has 0 fully saturated rings. The predicted octanol–water partition coefficient (Wildman–Crippen LogP) is 4.27. The lowest BCUT2D eigenvalue weighted by atomic mass is 10.1. The van der Waals surface area contributed by atoms with Gasteiger partial charge in [0.2, 0.25) is 0 Å². The molecule has 2 aromatic rings. The number of hydrogen-bond acceptors (Lipinski definition) is 7. The van der Waals surface area contributed by atoms with Crippen LogP contribution in [-0.4, -0.2) is 41.7 Å². The summed E-state index contributed by atoms with van der Waals surface area (Å²) in [5.74, 6) is -0.278. The molecule has 0 unspecified atom stereocenters. The maximum atomic E-state index is 14.2. The molecule has 9 heteroatoms. The van der Waals surface area contributed by atoms with Crippen LogP contribution >= 0.6 is 23.5 Å². The van der Waals surface area contributed by atoms with Crippen molar-refractivity contribution in [2.24, 2.45) is 4.99 Å². The summed E-state index contributed by atoms with van der Waals surface area (Å²) in [7, 11) is 0. The lowest BCUT2D eigenvalue weighted by Gasteiger charge is -2.22. The second kappa shape index (κ2) is 11.5. The Labute approximate surface area is 188 Å². The van der Waals surface area contributed by atoms with E-state index in [-0.39, 0.29) is 18.7 Å². The first kappa shape index (κ1) is 22.8. The van der Waals surface area contributed by atoms with Gasteiger partial charge in [-0.25, -0.2) is 9.18 Å². The predicted molar refractivity (Wildman–Crippen MR) is 122 cm³/mol. The SMILES string of the molecule is N#CCCN(C(=O)COC(=O)c1ccccc1CSC1=NCCS1)c1ccccc1F. The minimum atomic E-state index is -0.626. The van der Waals surface area contributed by atoms with Crippen LogP contribution in [-0.2, 0) is 15.3 Å². The summed E-state index contributed by atoms with van der Waals surface area (Å²) in [6, 6.07) is 14.8. The quantitative estimate of drug-likeness (QED) is 0.551. The number of para-hydroxylation sites is 1. The lowest BCUT2D eigenvalue weighted by Crippen LogP contribution is -2.36. The molecule has 6 nitrogen and oxygen atoms in total. The molecule has 0 saturated heterocycles. The number of carbonyl (C=O) groups excluding carboxylic acids is 2. The molecule has 2 aromatic carbocycles. The average Bonchev–Trinajstić information content (AvgIpc) is 3.31. The van der Waals surface area contributed by atoms with Crippen LogP contribution in [0.25, 0.3) is 0 Å². The Morgan fingerprint density at radius 3 is 2.74 bits per heavy atom. The van der Waals surface area contributed by atoms with Crippen LogP contribution in [0.15, 0.2) is 53.5 Å². The van der Waals surface area contributed by atoms with E-state index in [9.17, 15) is 14.0 Å². The summed E-state index contributed by atoms with van der Waals surface area (Å²) in [6.45, 7) is 0.257. The zero-order valence-corrected chi connectivity index (χ0v) is 18.3. The van der Waals surface area contributed by atoms with E-state index < -0.39 is 24.3 Å². The number of halogens is 1. The number of carbonyl (C=O) groups is 2. The molecule has 1 aliphatic heterocycles. The Kier molecular flexibility index (Phi) is 8.50. The molecular weight excluding hydrogens is 437 g/mol. The van der Waals surface area contributed by atoms with Crippen molar-refractivity contribution in [3.63, 3.8) is 0 Å². The number of rotatable bonds is 8. The van der Waals surface area contributed by atoms with Crippen LogP contribution in [0, 0.1) is 17.1 Å². The number of nitrogens with zero attached hydrogens (tertiary/aromatic N) is 3. The number of thioether (sulfide) groups is 2. The number of hydrogen-bond donors (Lipinski definition) is 0. The van der Waals surface area contributed by atoms with Gasteiger partial charge in [-0.15, -0.1) is 0 Å². The first-order valence-electron chi connectivity index (χ1n) is 9.57. The summed E-state index contributed by atoms with van der Waals surface area (Å²) in [5, 5.41) is 8.86. The van der Waals surface area contributed by atoms with Crippen LogP contribution in [0.3, 0.4) is 0 Å². The molecule has 0 saturated carbocycles. The van der Waals surface area contributed by atoms with Gasteiger partial charge in [0.15, 0.2) is 6.61 Å². The van der Waals surface area contributed by atoms with E-state index in [2.05, 4.69) is 4.99 Å². The number of aliphatic imine (C=N–C) groups is 1. The molecular formula is C22H20FN3O3S2. The fourth-order valence-corrected chi connectivity index (χ4v) is 4.90. The smallest absolute Gasteiger partial charge is 0.338 e. The Bertz CT molecular complexity index is 1020. The standard InChI is InChI=1S/C22H20FN3O3S2/c23-18-8-3-4-9-19(18)26(12-5-10-24)20(27)14-29-21(28)17-7-2-1-6-16(17)15-31-22-25-11-13-30-22/h1-4,6-9H,5,11-15H2.